The van der Waals surface area contributed by atoms with Gasteiger partial charge in [0.15, 0.2) is 9.84 Å². The fourth-order valence-electron chi connectivity index (χ4n) is 1.48. The third kappa shape index (κ3) is 4.06. The first kappa shape index (κ1) is 17.2. The van der Waals surface area contributed by atoms with Crippen molar-refractivity contribution in [3.8, 4) is 11.8 Å². The minimum atomic E-state index is -3.50. The maximum Gasteiger partial charge on any atom is 0.245 e. The van der Waals surface area contributed by atoms with Crippen LogP contribution in [-0.2, 0) is 14.6 Å². The molecule has 0 saturated heterocycles. The van der Waals surface area contributed by atoms with E-state index in [2.05, 4.69) is 17.2 Å². The molecule has 0 atom stereocenters. The van der Waals surface area contributed by atoms with Gasteiger partial charge in [0.05, 0.1) is 6.54 Å². The van der Waals surface area contributed by atoms with Gasteiger partial charge in [-0.25, -0.2) is 8.42 Å². The molecule has 0 aromatic heterocycles. The SMILES string of the molecule is Cc1cc(NC(=O)C(C)(C)S(C)(=O)=O)ccc1C#CCN. The lowest BCUT2D eigenvalue weighted by Gasteiger charge is -2.21. The van der Waals surface area contributed by atoms with Gasteiger partial charge in [0.25, 0.3) is 0 Å². The van der Waals surface area contributed by atoms with E-state index in [9.17, 15) is 13.2 Å². The molecule has 0 saturated carbocycles. The summed E-state index contributed by atoms with van der Waals surface area (Å²) in [6, 6.07) is 5.20. The molecule has 6 heteroatoms. The zero-order valence-electron chi connectivity index (χ0n) is 12.6. The Labute approximate surface area is 125 Å². The Morgan fingerprint density at radius 2 is 2.00 bits per heavy atom. The van der Waals surface area contributed by atoms with Crippen LogP contribution in [0.4, 0.5) is 5.69 Å². The molecule has 0 bridgehead atoms. The summed E-state index contributed by atoms with van der Waals surface area (Å²) in [6.07, 6.45) is 1.04. The maximum absolute atomic E-state index is 12.1. The highest BCUT2D eigenvalue weighted by molar-refractivity contribution is 7.92. The van der Waals surface area contributed by atoms with E-state index in [1.165, 1.54) is 13.8 Å². The molecule has 1 aromatic rings. The van der Waals surface area contributed by atoms with Crippen LogP contribution in [0.25, 0.3) is 0 Å². The molecule has 0 spiro atoms. The lowest BCUT2D eigenvalue weighted by atomic mass is 10.1. The number of carbonyl (C=O) groups excluding carboxylic acids is 1. The minimum absolute atomic E-state index is 0.278. The summed E-state index contributed by atoms with van der Waals surface area (Å²) in [5, 5.41) is 2.62. The van der Waals surface area contributed by atoms with Crippen molar-refractivity contribution in [2.75, 3.05) is 18.1 Å². The van der Waals surface area contributed by atoms with Crippen molar-refractivity contribution in [3.05, 3.63) is 29.3 Å². The van der Waals surface area contributed by atoms with E-state index in [0.717, 1.165) is 17.4 Å². The van der Waals surface area contributed by atoms with Crippen LogP contribution in [0.5, 0.6) is 0 Å². The van der Waals surface area contributed by atoms with Crippen LogP contribution in [0.15, 0.2) is 18.2 Å². The van der Waals surface area contributed by atoms with Crippen molar-refractivity contribution >= 4 is 21.4 Å². The number of amides is 1. The van der Waals surface area contributed by atoms with Crippen molar-refractivity contribution in [2.45, 2.75) is 25.5 Å². The van der Waals surface area contributed by atoms with E-state index in [-0.39, 0.29) is 6.54 Å². The fraction of sp³-hybridized carbons (Fsp3) is 0.400. The number of nitrogens with one attached hydrogen (secondary N) is 1. The Hall–Kier alpha value is -1.84. The van der Waals surface area contributed by atoms with Gasteiger partial charge in [0.2, 0.25) is 5.91 Å². The second kappa shape index (κ2) is 6.29. The largest absolute Gasteiger partial charge is 0.325 e. The fourth-order valence-corrected chi connectivity index (χ4v) is 1.87. The highest BCUT2D eigenvalue weighted by atomic mass is 32.2. The van der Waals surface area contributed by atoms with Gasteiger partial charge in [-0.1, -0.05) is 11.8 Å². The van der Waals surface area contributed by atoms with E-state index >= 15 is 0 Å². The lowest BCUT2D eigenvalue weighted by molar-refractivity contribution is -0.117. The van der Waals surface area contributed by atoms with Gasteiger partial charge in [-0.3, -0.25) is 4.79 Å². The predicted molar refractivity (Wildman–Crippen MR) is 84.7 cm³/mol. The van der Waals surface area contributed by atoms with Crippen LogP contribution < -0.4 is 11.1 Å². The first-order chi connectivity index (χ1) is 9.59. The average molecular weight is 308 g/mol. The van der Waals surface area contributed by atoms with Crippen LogP contribution in [0.1, 0.15) is 25.0 Å². The molecular formula is C15H20N2O3S. The van der Waals surface area contributed by atoms with Crippen molar-refractivity contribution in [3.63, 3.8) is 0 Å². The second-order valence-corrected chi connectivity index (χ2v) is 7.84. The molecule has 0 unspecified atom stereocenters. The van der Waals surface area contributed by atoms with Crippen LogP contribution in [0, 0.1) is 18.8 Å². The summed E-state index contributed by atoms with van der Waals surface area (Å²) in [4.78, 5) is 12.1. The number of hydrogen-bond acceptors (Lipinski definition) is 4. The van der Waals surface area contributed by atoms with Gasteiger partial charge in [-0.05, 0) is 44.5 Å². The number of carbonyl (C=O) groups is 1. The number of hydrogen-bond donors (Lipinski definition) is 2. The summed E-state index contributed by atoms with van der Waals surface area (Å²) < 4.78 is 21.8. The van der Waals surface area contributed by atoms with E-state index in [0.29, 0.717) is 5.69 Å². The van der Waals surface area contributed by atoms with Crippen molar-refractivity contribution in [1.82, 2.24) is 0 Å². The van der Waals surface area contributed by atoms with Crippen LogP contribution in [0.2, 0.25) is 0 Å². The maximum atomic E-state index is 12.1. The smallest absolute Gasteiger partial charge is 0.245 e. The molecule has 0 aliphatic heterocycles. The molecule has 1 rings (SSSR count). The predicted octanol–water partition coefficient (Wildman–Crippen LogP) is 1.07. The molecule has 0 radical (unpaired) electrons. The van der Waals surface area contributed by atoms with Gasteiger partial charge in [-0.15, -0.1) is 0 Å². The van der Waals surface area contributed by atoms with Gasteiger partial charge in [0.1, 0.15) is 4.75 Å². The van der Waals surface area contributed by atoms with E-state index in [4.69, 9.17) is 5.73 Å². The Balaban J connectivity index is 3.00. The van der Waals surface area contributed by atoms with Gasteiger partial charge < -0.3 is 11.1 Å². The topological polar surface area (TPSA) is 89.3 Å². The van der Waals surface area contributed by atoms with Gasteiger partial charge in [-0.2, -0.15) is 0 Å². The molecule has 1 aromatic carbocycles. The third-order valence-corrected chi connectivity index (χ3v) is 5.32. The van der Waals surface area contributed by atoms with Gasteiger partial charge in [0, 0.05) is 17.5 Å². The number of anilines is 1. The zero-order chi connectivity index (χ0) is 16.3. The Morgan fingerprint density at radius 1 is 1.38 bits per heavy atom. The molecule has 0 aliphatic carbocycles. The van der Waals surface area contributed by atoms with Crippen molar-refractivity contribution < 1.29 is 13.2 Å². The summed E-state index contributed by atoms with van der Waals surface area (Å²) in [7, 11) is -3.50. The van der Waals surface area contributed by atoms with E-state index < -0.39 is 20.5 Å². The number of sulfone groups is 1. The van der Waals surface area contributed by atoms with Crippen LogP contribution >= 0.6 is 0 Å². The molecule has 0 fully saturated rings. The highest BCUT2D eigenvalue weighted by Gasteiger charge is 2.38. The number of aryl methyl sites for hydroxylation is 1. The van der Waals surface area contributed by atoms with Crippen LogP contribution in [-0.4, -0.2) is 31.9 Å². The molecular weight excluding hydrogens is 288 g/mol. The van der Waals surface area contributed by atoms with E-state index in [1.54, 1.807) is 18.2 Å². The third-order valence-electron chi connectivity index (χ3n) is 3.28. The normalized spacial score (nSPS) is 11.5. The molecule has 0 heterocycles. The second-order valence-electron chi connectivity index (χ2n) is 5.27. The molecule has 1 amide bonds. The molecule has 0 aliphatic rings. The summed E-state index contributed by atoms with van der Waals surface area (Å²) in [6.45, 7) is 4.90. The number of rotatable bonds is 3. The summed E-state index contributed by atoms with van der Waals surface area (Å²) in [5.41, 5.74) is 7.56. The Bertz CT molecular complexity index is 710. The average Bonchev–Trinajstić information content (AvgIpc) is 2.36. The lowest BCUT2D eigenvalue weighted by Crippen LogP contribution is -2.43. The van der Waals surface area contributed by atoms with Gasteiger partial charge >= 0.3 is 0 Å². The summed E-state index contributed by atoms with van der Waals surface area (Å²) in [5.74, 6) is 5.12. The minimum Gasteiger partial charge on any atom is -0.325 e. The zero-order valence-corrected chi connectivity index (χ0v) is 13.5. The molecule has 21 heavy (non-hydrogen) atoms. The van der Waals surface area contributed by atoms with Crippen molar-refractivity contribution in [2.24, 2.45) is 5.73 Å². The Kier molecular flexibility index (Phi) is 5.15. The Morgan fingerprint density at radius 3 is 2.48 bits per heavy atom. The molecule has 3 N–H and O–H groups in total. The highest BCUT2D eigenvalue weighted by Crippen LogP contribution is 2.20. The first-order valence-corrected chi connectivity index (χ1v) is 8.29. The monoisotopic (exact) mass is 308 g/mol. The van der Waals surface area contributed by atoms with E-state index in [1.807, 2.05) is 6.92 Å². The van der Waals surface area contributed by atoms with Crippen LogP contribution in [0.3, 0.4) is 0 Å². The first-order valence-electron chi connectivity index (χ1n) is 6.40. The molecule has 5 nitrogen and oxygen atoms in total. The quantitative estimate of drug-likeness (QED) is 0.817. The number of benzene rings is 1. The standard InChI is InChI=1S/C15H20N2O3S/c1-11-10-13(8-7-12(11)6-5-9-16)17-14(18)15(2,3)21(4,19)20/h7-8,10H,9,16H2,1-4H3,(H,17,18). The summed E-state index contributed by atoms with van der Waals surface area (Å²) >= 11 is 0. The number of nitrogens with two attached hydrogens (primary N) is 1. The van der Waals surface area contributed by atoms with Crippen molar-refractivity contribution in [1.29, 1.82) is 0 Å². The molecule has 114 valence electrons.